The highest BCUT2D eigenvalue weighted by Gasteiger charge is 2.12. The van der Waals surface area contributed by atoms with Crippen LogP contribution in [0.4, 0.5) is 11.6 Å². The van der Waals surface area contributed by atoms with Crippen molar-refractivity contribution in [3.8, 4) is 0 Å². The van der Waals surface area contributed by atoms with Crippen LogP contribution < -0.4 is 10.6 Å². The molecular weight excluding hydrogens is 236 g/mol. The zero-order valence-corrected chi connectivity index (χ0v) is 13.0. The van der Waals surface area contributed by atoms with Crippen LogP contribution in [-0.2, 0) is 0 Å². The second kappa shape index (κ2) is 7.97. The van der Waals surface area contributed by atoms with E-state index in [4.69, 9.17) is 0 Å². The van der Waals surface area contributed by atoms with Crippen LogP contribution in [0.1, 0.15) is 64.3 Å². The minimum absolute atomic E-state index is 0.342. The minimum Gasteiger partial charge on any atom is -0.370 e. The molecule has 2 N–H and O–H groups in total. The van der Waals surface area contributed by atoms with Crippen LogP contribution in [0, 0.1) is 6.92 Å². The van der Waals surface area contributed by atoms with E-state index in [2.05, 4.69) is 55.2 Å². The van der Waals surface area contributed by atoms with Crippen molar-refractivity contribution in [2.75, 3.05) is 23.7 Å². The number of nitrogens with zero attached hydrogens (tertiary/aromatic N) is 2. The van der Waals surface area contributed by atoms with Crippen molar-refractivity contribution in [3.05, 3.63) is 11.4 Å². The average molecular weight is 264 g/mol. The first-order valence-corrected chi connectivity index (χ1v) is 7.46. The van der Waals surface area contributed by atoms with Gasteiger partial charge in [0, 0.05) is 24.6 Å². The Balaban J connectivity index is 2.95. The molecule has 19 heavy (non-hydrogen) atoms. The van der Waals surface area contributed by atoms with Crippen molar-refractivity contribution in [3.63, 3.8) is 0 Å². The fourth-order valence-corrected chi connectivity index (χ4v) is 1.76. The fourth-order valence-electron chi connectivity index (χ4n) is 1.76. The Morgan fingerprint density at radius 1 is 0.947 bits per heavy atom. The molecule has 1 rings (SSSR count). The van der Waals surface area contributed by atoms with Crippen LogP contribution in [0.5, 0.6) is 0 Å². The van der Waals surface area contributed by atoms with Gasteiger partial charge >= 0.3 is 0 Å². The van der Waals surface area contributed by atoms with Crippen molar-refractivity contribution in [2.45, 2.75) is 59.8 Å². The molecule has 0 saturated carbocycles. The molecule has 0 fully saturated rings. The van der Waals surface area contributed by atoms with E-state index in [9.17, 15) is 0 Å². The molecule has 0 amide bonds. The highest BCUT2D eigenvalue weighted by molar-refractivity contribution is 5.57. The number of nitrogens with one attached hydrogen (secondary N) is 2. The quantitative estimate of drug-likeness (QED) is 0.698. The van der Waals surface area contributed by atoms with Crippen LogP contribution in [0.3, 0.4) is 0 Å². The fraction of sp³-hybridized carbons (Fsp3) is 0.733. The lowest BCUT2D eigenvalue weighted by molar-refractivity contribution is 0.766. The number of unbranched alkanes of at least 4 members (excludes halogenated alkanes) is 1. The molecule has 1 aromatic heterocycles. The van der Waals surface area contributed by atoms with Crippen molar-refractivity contribution < 1.29 is 0 Å². The molecular formula is C15H28N4. The monoisotopic (exact) mass is 264 g/mol. The van der Waals surface area contributed by atoms with Crippen LogP contribution in [0.2, 0.25) is 0 Å². The first-order chi connectivity index (χ1) is 9.10. The van der Waals surface area contributed by atoms with Gasteiger partial charge in [-0.3, -0.25) is 0 Å². The van der Waals surface area contributed by atoms with Crippen molar-refractivity contribution in [1.82, 2.24) is 9.97 Å². The van der Waals surface area contributed by atoms with Gasteiger partial charge in [-0.15, -0.1) is 0 Å². The van der Waals surface area contributed by atoms with Gasteiger partial charge in [-0.1, -0.05) is 34.1 Å². The molecule has 0 bridgehead atoms. The first kappa shape index (κ1) is 15.7. The van der Waals surface area contributed by atoms with E-state index < -0.39 is 0 Å². The lowest BCUT2D eigenvalue weighted by Gasteiger charge is -2.16. The van der Waals surface area contributed by atoms with Crippen LogP contribution in [0.15, 0.2) is 0 Å². The highest BCUT2D eigenvalue weighted by atomic mass is 15.1. The van der Waals surface area contributed by atoms with E-state index in [0.717, 1.165) is 49.0 Å². The topological polar surface area (TPSA) is 49.8 Å². The largest absolute Gasteiger partial charge is 0.370 e. The lowest BCUT2D eigenvalue weighted by atomic mass is 10.2. The molecule has 4 nitrogen and oxygen atoms in total. The Kier molecular flexibility index (Phi) is 6.60. The van der Waals surface area contributed by atoms with Crippen molar-refractivity contribution in [1.29, 1.82) is 0 Å². The average Bonchev–Trinajstić information content (AvgIpc) is 2.39. The molecule has 0 aliphatic carbocycles. The van der Waals surface area contributed by atoms with Gasteiger partial charge in [0.25, 0.3) is 0 Å². The standard InChI is InChI=1S/C15H28N4/c1-6-8-10-17-15-12(5)14(16-9-7-2)18-13(19-15)11(3)4/h11H,6-10H2,1-5H3,(H2,16,17,18,19). The van der Waals surface area contributed by atoms with E-state index in [-0.39, 0.29) is 0 Å². The molecule has 0 spiro atoms. The van der Waals surface area contributed by atoms with E-state index in [1.54, 1.807) is 0 Å². The Morgan fingerprint density at radius 2 is 1.53 bits per heavy atom. The maximum absolute atomic E-state index is 4.65. The number of hydrogen-bond donors (Lipinski definition) is 2. The Labute approximate surface area is 117 Å². The Morgan fingerprint density at radius 3 is 2.00 bits per heavy atom. The van der Waals surface area contributed by atoms with Gasteiger partial charge < -0.3 is 10.6 Å². The summed E-state index contributed by atoms with van der Waals surface area (Å²) in [6, 6.07) is 0. The molecule has 0 aliphatic rings. The van der Waals surface area contributed by atoms with Crippen LogP contribution in [0.25, 0.3) is 0 Å². The van der Waals surface area contributed by atoms with E-state index >= 15 is 0 Å². The molecule has 0 radical (unpaired) electrons. The summed E-state index contributed by atoms with van der Waals surface area (Å²) in [4.78, 5) is 9.29. The molecule has 1 heterocycles. The van der Waals surface area contributed by atoms with Crippen molar-refractivity contribution >= 4 is 11.6 Å². The second-order valence-electron chi connectivity index (χ2n) is 5.27. The van der Waals surface area contributed by atoms with Gasteiger partial charge in [0.1, 0.15) is 17.5 Å². The van der Waals surface area contributed by atoms with Gasteiger partial charge in [0.2, 0.25) is 0 Å². The molecule has 0 aromatic carbocycles. The summed E-state index contributed by atoms with van der Waals surface area (Å²) in [6.45, 7) is 12.6. The first-order valence-electron chi connectivity index (χ1n) is 7.46. The summed E-state index contributed by atoms with van der Waals surface area (Å²) >= 11 is 0. The van der Waals surface area contributed by atoms with E-state index in [1.807, 2.05) is 0 Å². The molecule has 0 saturated heterocycles. The summed E-state index contributed by atoms with van der Waals surface area (Å²) < 4.78 is 0. The molecule has 108 valence electrons. The highest BCUT2D eigenvalue weighted by Crippen LogP contribution is 2.23. The Hall–Kier alpha value is -1.32. The summed E-state index contributed by atoms with van der Waals surface area (Å²) in [5.74, 6) is 3.20. The van der Waals surface area contributed by atoms with E-state index in [0.29, 0.717) is 5.92 Å². The molecule has 0 unspecified atom stereocenters. The number of hydrogen-bond acceptors (Lipinski definition) is 4. The minimum atomic E-state index is 0.342. The smallest absolute Gasteiger partial charge is 0.135 e. The van der Waals surface area contributed by atoms with Gasteiger partial charge in [-0.25, -0.2) is 9.97 Å². The number of rotatable bonds is 8. The lowest BCUT2D eigenvalue weighted by Crippen LogP contribution is -2.13. The maximum Gasteiger partial charge on any atom is 0.135 e. The maximum atomic E-state index is 4.65. The predicted octanol–water partition coefficient (Wildman–Crippen LogP) is 3.94. The van der Waals surface area contributed by atoms with Gasteiger partial charge in [-0.05, 0) is 19.8 Å². The summed E-state index contributed by atoms with van der Waals surface area (Å²) in [5, 5.41) is 6.83. The third kappa shape index (κ3) is 4.69. The van der Waals surface area contributed by atoms with Crippen molar-refractivity contribution in [2.24, 2.45) is 0 Å². The van der Waals surface area contributed by atoms with Crippen LogP contribution >= 0.6 is 0 Å². The summed E-state index contributed by atoms with van der Waals surface area (Å²) in [5.41, 5.74) is 1.12. The summed E-state index contributed by atoms with van der Waals surface area (Å²) in [7, 11) is 0. The van der Waals surface area contributed by atoms with Gasteiger partial charge in [-0.2, -0.15) is 0 Å². The zero-order valence-electron chi connectivity index (χ0n) is 13.0. The van der Waals surface area contributed by atoms with Gasteiger partial charge in [0.05, 0.1) is 0 Å². The molecule has 0 aliphatic heterocycles. The Bertz CT molecular complexity index is 388. The van der Waals surface area contributed by atoms with Crippen LogP contribution in [-0.4, -0.2) is 23.1 Å². The van der Waals surface area contributed by atoms with Gasteiger partial charge in [0.15, 0.2) is 0 Å². The normalized spacial score (nSPS) is 10.8. The molecule has 4 heteroatoms. The van der Waals surface area contributed by atoms with E-state index in [1.165, 1.54) is 6.42 Å². The summed E-state index contributed by atoms with van der Waals surface area (Å²) in [6.07, 6.45) is 3.45. The second-order valence-corrected chi connectivity index (χ2v) is 5.27. The molecule has 1 aromatic rings. The zero-order chi connectivity index (χ0) is 14.3. The number of anilines is 2. The molecule has 0 atom stereocenters. The third-order valence-electron chi connectivity index (χ3n) is 3.04. The SMILES string of the molecule is CCCCNc1nc(C(C)C)nc(NCCC)c1C. The number of aromatic nitrogens is 2. The predicted molar refractivity (Wildman–Crippen MR) is 83.0 cm³/mol. The third-order valence-corrected chi connectivity index (χ3v) is 3.04.